The number of benzene rings is 1. The maximum Gasteiger partial charge on any atom is 0.116 e. The lowest BCUT2D eigenvalue weighted by atomic mass is 9.81. The SMILES string of the molecule is [CH2]NC1=C2C=CN3C=Cc4ccccc4C23C=C1. The quantitative estimate of drug-likeness (QED) is 0.802. The maximum absolute atomic E-state index is 3.79. The molecule has 1 aliphatic carbocycles. The molecule has 87 valence electrons. The molecule has 0 aromatic heterocycles. The Bertz CT molecular complexity index is 649. The summed E-state index contributed by atoms with van der Waals surface area (Å²) in [5, 5.41) is 3.03. The molecule has 0 saturated heterocycles. The van der Waals surface area contributed by atoms with Crippen molar-refractivity contribution in [2.75, 3.05) is 0 Å². The minimum Gasteiger partial charge on any atom is -0.383 e. The van der Waals surface area contributed by atoms with Crippen molar-refractivity contribution in [1.82, 2.24) is 10.2 Å². The normalized spacial score (nSPS) is 26.4. The summed E-state index contributed by atoms with van der Waals surface area (Å²) in [6, 6.07) is 8.55. The van der Waals surface area contributed by atoms with Gasteiger partial charge in [0, 0.05) is 30.7 Å². The van der Waals surface area contributed by atoms with Gasteiger partial charge in [0.1, 0.15) is 5.54 Å². The van der Waals surface area contributed by atoms with E-state index in [2.05, 4.69) is 78.2 Å². The highest BCUT2D eigenvalue weighted by molar-refractivity contribution is 5.69. The molecule has 2 nitrogen and oxygen atoms in total. The molecule has 1 aromatic carbocycles. The first kappa shape index (κ1) is 9.77. The number of fused-ring (bicyclic) bond motifs is 1. The van der Waals surface area contributed by atoms with Gasteiger partial charge in [-0.1, -0.05) is 24.3 Å². The largest absolute Gasteiger partial charge is 0.383 e. The average molecular weight is 233 g/mol. The summed E-state index contributed by atoms with van der Waals surface area (Å²) < 4.78 is 0. The van der Waals surface area contributed by atoms with Gasteiger partial charge in [0.15, 0.2) is 0 Å². The van der Waals surface area contributed by atoms with E-state index < -0.39 is 0 Å². The van der Waals surface area contributed by atoms with Crippen molar-refractivity contribution in [3.05, 3.63) is 84.3 Å². The third-order valence-electron chi connectivity index (χ3n) is 3.98. The van der Waals surface area contributed by atoms with Gasteiger partial charge in [-0.25, -0.2) is 0 Å². The number of hydrogen-bond acceptors (Lipinski definition) is 2. The van der Waals surface area contributed by atoms with E-state index in [1.165, 1.54) is 16.7 Å². The lowest BCUT2D eigenvalue weighted by Gasteiger charge is -2.38. The van der Waals surface area contributed by atoms with E-state index in [9.17, 15) is 0 Å². The topological polar surface area (TPSA) is 15.3 Å². The Balaban J connectivity index is 2.04. The van der Waals surface area contributed by atoms with Crippen molar-refractivity contribution in [3.63, 3.8) is 0 Å². The van der Waals surface area contributed by atoms with E-state index in [1.807, 2.05) is 0 Å². The van der Waals surface area contributed by atoms with Gasteiger partial charge in [0.25, 0.3) is 0 Å². The minimum absolute atomic E-state index is 0.161. The summed E-state index contributed by atoms with van der Waals surface area (Å²) in [6.07, 6.45) is 13.0. The van der Waals surface area contributed by atoms with Crippen LogP contribution in [0.4, 0.5) is 0 Å². The predicted octanol–water partition coefficient (Wildman–Crippen LogP) is 2.90. The fourth-order valence-corrected chi connectivity index (χ4v) is 3.15. The summed E-state index contributed by atoms with van der Waals surface area (Å²) in [5.74, 6) is 0. The Morgan fingerprint density at radius 1 is 1.06 bits per heavy atom. The number of nitrogens with one attached hydrogen (secondary N) is 1. The molecular weight excluding hydrogens is 220 g/mol. The number of allylic oxidation sites excluding steroid dienone is 1. The highest BCUT2D eigenvalue weighted by Gasteiger charge is 2.46. The summed E-state index contributed by atoms with van der Waals surface area (Å²) in [5.41, 5.74) is 4.82. The number of nitrogens with zero attached hydrogens (tertiary/aromatic N) is 1. The van der Waals surface area contributed by atoms with Gasteiger partial charge < -0.3 is 10.2 Å². The van der Waals surface area contributed by atoms with Gasteiger partial charge in [0.05, 0.1) is 0 Å². The average Bonchev–Trinajstić information content (AvgIpc) is 2.95. The Morgan fingerprint density at radius 2 is 1.89 bits per heavy atom. The molecule has 1 atom stereocenters. The van der Waals surface area contributed by atoms with Crippen LogP contribution in [0.15, 0.2) is 66.2 Å². The lowest BCUT2D eigenvalue weighted by Crippen LogP contribution is -2.37. The number of hydrogen-bond donors (Lipinski definition) is 1. The first-order chi connectivity index (χ1) is 8.86. The summed E-state index contributed by atoms with van der Waals surface area (Å²) in [4.78, 5) is 2.26. The van der Waals surface area contributed by atoms with Crippen LogP contribution in [0.5, 0.6) is 0 Å². The Kier molecular flexibility index (Phi) is 1.72. The summed E-state index contributed by atoms with van der Waals surface area (Å²) >= 11 is 0. The van der Waals surface area contributed by atoms with Crippen molar-refractivity contribution >= 4 is 6.08 Å². The molecule has 2 heterocycles. The summed E-state index contributed by atoms with van der Waals surface area (Å²) in [6.45, 7) is 0. The molecule has 0 amide bonds. The van der Waals surface area contributed by atoms with Crippen molar-refractivity contribution in [3.8, 4) is 0 Å². The molecule has 2 aliphatic heterocycles. The Labute approximate surface area is 107 Å². The van der Waals surface area contributed by atoms with Gasteiger partial charge in [-0.3, -0.25) is 0 Å². The zero-order chi connectivity index (χ0) is 12.2. The molecule has 1 spiro atoms. The molecule has 1 N–H and O–H groups in total. The van der Waals surface area contributed by atoms with E-state index in [4.69, 9.17) is 0 Å². The van der Waals surface area contributed by atoms with Crippen LogP contribution in [-0.2, 0) is 5.54 Å². The fraction of sp³-hybridized carbons (Fsp3) is 0.0625. The second kappa shape index (κ2) is 3.16. The van der Waals surface area contributed by atoms with E-state index in [0.717, 1.165) is 5.70 Å². The van der Waals surface area contributed by atoms with Gasteiger partial charge in [-0.05, 0) is 35.4 Å². The molecule has 1 unspecified atom stereocenters. The van der Waals surface area contributed by atoms with Crippen LogP contribution in [0.25, 0.3) is 6.08 Å². The van der Waals surface area contributed by atoms with Gasteiger partial charge in [0.2, 0.25) is 0 Å². The molecule has 0 saturated carbocycles. The third-order valence-corrected chi connectivity index (χ3v) is 3.98. The monoisotopic (exact) mass is 233 g/mol. The third kappa shape index (κ3) is 0.946. The van der Waals surface area contributed by atoms with Crippen LogP contribution >= 0.6 is 0 Å². The highest BCUT2D eigenvalue weighted by Crippen LogP contribution is 2.50. The van der Waals surface area contributed by atoms with Crippen LogP contribution in [0.2, 0.25) is 0 Å². The highest BCUT2D eigenvalue weighted by atomic mass is 15.2. The van der Waals surface area contributed by atoms with Gasteiger partial charge in [-0.2, -0.15) is 0 Å². The van der Waals surface area contributed by atoms with E-state index in [-0.39, 0.29) is 5.54 Å². The van der Waals surface area contributed by atoms with E-state index in [1.54, 1.807) is 0 Å². The number of rotatable bonds is 1. The molecule has 1 aromatic rings. The first-order valence-corrected chi connectivity index (χ1v) is 6.08. The zero-order valence-corrected chi connectivity index (χ0v) is 9.93. The van der Waals surface area contributed by atoms with Crippen LogP contribution < -0.4 is 5.32 Å². The first-order valence-electron chi connectivity index (χ1n) is 6.08. The molecular formula is C16H13N2. The minimum atomic E-state index is -0.161. The van der Waals surface area contributed by atoms with Crippen molar-refractivity contribution in [2.45, 2.75) is 5.54 Å². The van der Waals surface area contributed by atoms with Crippen LogP contribution in [0, 0.1) is 7.05 Å². The molecule has 0 bridgehead atoms. The summed E-state index contributed by atoms with van der Waals surface area (Å²) in [7, 11) is 3.79. The zero-order valence-electron chi connectivity index (χ0n) is 9.93. The maximum atomic E-state index is 3.79. The van der Waals surface area contributed by atoms with E-state index >= 15 is 0 Å². The fourth-order valence-electron chi connectivity index (χ4n) is 3.15. The van der Waals surface area contributed by atoms with Gasteiger partial charge in [-0.15, -0.1) is 0 Å². The molecule has 3 aliphatic rings. The van der Waals surface area contributed by atoms with Crippen molar-refractivity contribution < 1.29 is 0 Å². The van der Waals surface area contributed by atoms with Crippen LogP contribution in [-0.4, -0.2) is 4.90 Å². The smallest absolute Gasteiger partial charge is 0.116 e. The van der Waals surface area contributed by atoms with Crippen LogP contribution in [0.3, 0.4) is 0 Å². The molecule has 18 heavy (non-hydrogen) atoms. The Morgan fingerprint density at radius 3 is 2.78 bits per heavy atom. The Hall–Kier alpha value is -2.22. The van der Waals surface area contributed by atoms with Crippen molar-refractivity contribution in [2.24, 2.45) is 0 Å². The van der Waals surface area contributed by atoms with Crippen molar-refractivity contribution in [1.29, 1.82) is 0 Å². The standard InChI is InChI=1S/C16H13N2/c1-17-15-6-9-16-13-5-3-2-4-12(13)7-10-18(16)11-8-14(15)16/h2-11,17H,1H2. The molecule has 1 radical (unpaired) electrons. The van der Waals surface area contributed by atoms with E-state index in [0.29, 0.717) is 0 Å². The second-order valence-corrected chi connectivity index (χ2v) is 4.73. The molecule has 4 rings (SSSR count). The second-order valence-electron chi connectivity index (χ2n) is 4.73. The lowest BCUT2D eigenvalue weighted by molar-refractivity contribution is 0.346. The van der Waals surface area contributed by atoms with Crippen LogP contribution in [0.1, 0.15) is 11.1 Å². The molecule has 0 fully saturated rings. The molecule has 2 heteroatoms. The predicted molar refractivity (Wildman–Crippen MR) is 72.8 cm³/mol. The van der Waals surface area contributed by atoms with Gasteiger partial charge >= 0.3 is 0 Å².